The van der Waals surface area contributed by atoms with Gasteiger partial charge in [-0.2, -0.15) is 0 Å². The Hall–Kier alpha value is -1.16. The number of nitrogens with two attached hydrogens (primary N) is 1. The summed E-state index contributed by atoms with van der Waals surface area (Å²) < 4.78 is 5.02. The number of carbonyl (C=O) groups is 1. The smallest absolute Gasteiger partial charge is 0.340 e. The van der Waals surface area contributed by atoms with Crippen LogP contribution in [0, 0.1) is 0 Å². The van der Waals surface area contributed by atoms with Gasteiger partial charge in [0.1, 0.15) is 0 Å². The Labute approximate surface area is 88.7 Å². The predicted octanol–water partition coefficient (Wildman–Crippen LogP) is 2.12. The zero-order valence-electron chi connectivity index (χ0n) is 8.15. The lowest BCUT2D eigenvalue weighted by atomic mass is 10.2. The van der Waals surface area contributed by atoms with E-state index in [1.54, 1.807) is 32.0 Å². The first kappa shape index (κ1) is 10.9. The van der Waals surface area contributed by atoms with Crippen molar-refractivity contribution in [1.29, 1.82) is 0 Å². The first-order valence-electron chi connectivity index (χ1n) is 4.30. The summed E-state index contributed by atoms with van der Waals surface area (Å²) in [5.41, 5.74) is 6.41. The number of hydrogen-bond acceptors (Lipinski definition) is 4. The molecule has 0 spiro atoms. The maximum atomic E-state index is 11.5. The topological polar surface area (TPSA) is 52.3 Å². The lowest BCUT2D eigenvalue weighted by Gasteiger charge is -2.10. The maximum Gasteiger partial charge on any atom is 0.340 e. The Morgan fingerprint density at radius 3 is 2.71 bits per heavy atom. The molecular formula is C10H13NO2S. The van der Waals surface area contributed by atoms with Crippen LogP contribution in [0.2, 0.25) is 0 Å². The van der Waals surface area contributed by atoms with Gasteiger partial charge in [0.25, 0.3) is 0 Å². The molecule has 4 heteroatoms. The van der Waals surface area contributed by atoms with E-state index in [9.17, 15) is 4.79 Å². The highest BCUT2D eigenvalue weighted by Crippen LogP contribution is 2.21. The average Bonchev–Trinajstić information content (AvgIpc) is 2.08. The van der Waals surface area contributed by atoms with E-state index in [4.69, 9.17) is 10.5 Å². The number of para-hydroxylation sites is 1. The Balaban J connectivity index is 2.96. The monoisotopic (exact) mass is 211 g/mol. The van der Waals surface area contributed by atoms with E-state index in [1.165, 1.54) is 0 Å². The molecule has 0 aliphatic heterocycles. The van der Waals surface area contributed by atoms with Gasteiger partial charge >= 0.3 is 5.97 Å². The molecule has 0 aromatic heterocycles. The molecule has 2 N–H and O–H groups in total. The zero-order chi connectivity index (χ0) is 10.7. The van der Waals surface area contributed by atoms with E-state index in [0.29, 0.717) is 16.1 Å². The van der Waals surface area contributed by atoms with E-state index in [-0.39, 0.29) is 6.10 Å². The first-order valence-corrected chi connectivity index (χ1v) is 4.75. The lowest BCUT2D eigenvalue weighted by molar-refractivity contribution is 0.0379. The van der Waals surface area contributed by atoms with E-state index in [0.717, 1.165) is 0 Å². The summed E-state index contributed by atoms with van der Waals surface area (Å²) in [6.45, 7) is 3.58. The highest BCUT2D eigenvalue weighted by atomic mass is 32.1. The van der Waals surface area contributed by atoms with Crippen molar-refractivity contribution in [2.45, 2.75) is 24.8 Å². The molecule has 0 saturated heterocycles. The van der Waals surface area contributed by atoms with Crippen LogP contribution >= 0.6 is 12.6 Å². The summed E-state index contributed by atoms with van der Waals surface area (Å²) in [6.07, 6.45) is -0.148. The van der Waals surface area contributed by atoms with Crippen LogP contribution in [0.1, 0.15) is 24.2 Å². The summed E-state index contributed by atoms with van der Waals surface area (Å²) in [7, 11) is 0. The van der Waals surface area contributed by atoms with Crippen molar-refractivity contribution in [2.75, 3.05) is 5.73 Å². The van der Waals surface area contributed by atoms with Crippen LogP contribution in [0.5, 0.6) is 0 Å². The van der Waals surface area contributed by atoms with Gasteiger partial charge < -0.3 is 10.5 Å². The second kappa shape index (κ2) is 4.37. The van der Waals surface area contributed by atoms with Crippen molar-refractivity contribution >= 4 is 24.3 Å². The number of esters is 1. The van der Waals surface area contributed by atoms with Crippen LogP contribution in [0.4, 0.5) is 5.69 Å². The summed E-state index contributed by atoms with van der Waals surface area (Å²) in [4.78, 5) is 12.1. The zero-order valence-corrected chi connectivity index (χ0v) is 9.04. The Bertz CT molecular complexity index is 350. The average molecular weight is 211 g/mol. The van der Waals surface area contributed by atoms with E-state index < -0.39 is 5.97 Å². The number of ether oxygens (including phenoxy) is 1. The van der Waals surface area contributed by atoms with E-state index in [2.05, 4.69) is 12.6 Å². The minimum Gasteiger partial charge on any atom is -0.459 e. The van der Waals surface area contributed by atoms with Gasteiger partial charge in [-0.15, -0.1) is 12.6 Å². The summed E-state index contributed by atoms with van der Waals surface area (Å²) >= 11 is 4.12. The quantitative estimate of drug-likeness (QED) is 0.447. The van der Waals surface area contributed by atoms with Crippen LogP contribution in [-0.2, 0) is 4.74 Å². The van der Waals surface area contributed by atoms with Gasteiger partial charge in [-0.1, -0.05) is 6.07 Å². The Morgan fingerprint density at radius 1 is 1.50 bits per heavy atom. The summed E-state index contributed by atoms with van der Waals surface area (Å²) in [5, 5.41) is 0. The number of thiol groups is 1. The molecule has 0 heterocycles. The third-order valence-corrected chi connectivity index (χ3v) is 2.04. The Morgan fingerprint density at radius 2 is 2.14 bits per heavy atom. The molecule has 1 aromatic carbocycles. The van der Waals surface area contributed by atoms with Crippen molar-refractivity contribution in [3.05, 3.63) is 23.8 Å². The fourth-order valence-electron chi connectivity index (χ4n) is 1.01. The van der Waals surface area contributed by atoms with Crippen LogP contribution in [-0.4, -0.2) is 12.1 Å². The molecule has 0 bridgehead atoms. The fraction of sp³-hybridized carbons (Fsp3) is 0.300. The van der Waals surface area contributed by atoms with Gasteiger partial charge in [-0.25, -0.2) is 4.79 Å². The van der Waals surface area contributed by atoms with Crippen molar-refractivity contribution in [3.63, 3.8) is 0 Å². The molecular weight excluding hydrogens is 198 g/mol. The molecule has 0 amide bonds. The molecule has 0 saturated carbocycles. The number of hydrogen-bond donors (Lipinski definition) is 2. The van der Waals surface area contributed by atoms with Gasteiger partial charge in [0.15, 0.2) is 0 Å². The Kier molecular flexibility index (Phi) is 3.41. The molecule has 14 heavy (non-hydrogen) atoms. The minimum atomic E-state index is -0.409. The number of nitrogen functional groups attached to an aromatic ring is 1. The van der Waals surface area contributed by atoms with Gasteiger partial charge in [0, 0.05) is 4.90 Å². The third-order valence-electron chi connectivity index (χ3n) is 1.65. The summed E-state index contributed by atoms with van der Waals surface area (Å²) in [6, 6.07) is 5.07. The van der Waals surface area contributed by atoms with E-state index in [1.807, 2.05) is 0 Å². The van der Waals surface area contributed by atoms with E-state index >= 15 is 0 Å². The highest BCUT2D eigenvalue weighted by molar-refractivity contribution is 7.80. The normalized spacial score (nSPS) is 10.3. The summed E-state index contributed by atoms with van der Waals surface area (Å²) in [5.74, 6) is -0.409. The number of benzene rings is 1. The molecule has 1 aromatic rings. The molecule has 0 aliphatic carbocycles. The SMILES string of the molecule is CC(C)OC(=O)c1cccc(S)c1N. The molecule has 3 nitrogen and oxygen atoms in total. The number of carbonyl (C=O) groups excluding carboxylic acids is 1. The second-order valence-electron chi connectivity index (χ2n) is 3.19. The molecule has 0 unspecified atom stereocenters. The second-order valence-corrected chi connectivity index (χ2v) is 3.67. The fourth-order valence-corrected chi connectivity index (χ4v) is 1.22. The van der Waals surface area contributed by atoms with Gasteiger partial charge in [-0.05, 0) is 26.0 Å². The van der Waals surface area contributed by atoms with Gasteiger partial charge in [0.05, 0.1) is 17.4 Å². The largest absolute Gasteiger partial charge is 0.459 e. The molecule has 0 radical (unpaired) electrons. The molecule has 0 fully saturated rings. The van der Waals surface area contributed by atoms with Crippen molar-refractivity contribution in [3.8, 4) is 0 Å². The number of anilines is 1. The van der Waals surface area contributed by atoms with Crippen LogP contribution < -0.4 is 5.73 Å². The molecule has 0 atom stereocenters. The molecule has 76 valence electrons. The number of rotatable bonds is 2. The minimum absolute atomic E-state index is 0.148. The molecule has 0 aliphatic rings. The van der Waals surface area contributed by atoms with Crippen molar-refractivity contribution < 1.29 is 9.53 Å². The third kappa shape index (κ3) is 2.42. The first-order chi connectivity index (χ1) is 6.52. The molecule has 1 rings (SSSR count). The van der Waals surface area contributed by atoms with Crippen LogP contribution in [0.25, 0.3) is 0 Å². The van der Waals surface area contributed by atoms with Crippen molar-refractivity contribution in [1.82, 2.24) is 0 Å². The lowest BCUT2D eigenvalue weighted by Crippen LogP contribution is -2.13. The van der Waals surface area contributed by atoms with Gasteiger partial charge in [-0.3, -0.25) is 0 Å². The maximum absolute atomic E-state index is 11.5. The van der Waals surface area contributed by atoms with Crippen LogP contribution in [0.15, 0.2) is 23.1 Å². The van der Waals surface area contributed by atoms with Gasteiger partial charge in [0.2, 0.25) is 0 Å². The predicted molar refractivity (Wildman–Crippen MR) is 58.7 cm³/mol. The highest BCUT2D eigenvalue weighted by Gasteiger charge is 2.13. The van der Waals surface area contributed by atoms with Crippen molar-refractivity contribution in [2.24, 2.45) is 0 Å². The van der Waals surface area contributed by atoms with Crippen LogP contribution in [0.3, 0.4) is 0 Å². The standard InChI is InChI=1S/C10H13NO2S/c1-6(2)13-10(12)7-4-3-5-8(14)9(7)11/h3-6,14H,11H2,1-2H3.